The number of benzene rings is 10. The van der Waals surface area contributed by atoms with E-state index in [1.165, 1.54) is 10.8 Å². The van der Waals surface area contributed by atoms with Crippen LogP contribution in [0, 0.1) is 11.3 Å². The van der Waals surface area contributed by atoms with Crippen LogP contribution in [0.1, 0.15) is 5.56 Å². The van der Waals surface area contributed by atoms with Gasteiger partial charge in [0.25, 0.3) is 0 Å². The third-order valence-corrected chi connectivity index (χ3v) is 13.2. The molecule has 0 spiro atoms. The first kappa shape index (κ1) is 39.0. The van der Waals surface area contributed by atoms with E-state index in [1.807, 2.05) is 48.5 Å². The molecule has 0 aliphatic heterocycles. The van der Waals surface area contributed by atoms with E-state index in [0.717, 1.165) is 88.4 Å². The zero-order chi connectivity index (χ0) is 45.1. The molecule has 0 aliphatic rings. The zero-order valence-corrected chi connectivity index (χ0v) is 36.6. The molecular weight excluding hydrogens is 829 g/mol. The summed E-state index contributed by atoms with van der Waals surface area (Å²) in [5.41, 5.74) is 13.5. The van der Waals surface area contributed by atoms with Crippen LogP contribution < -0.4 is 0 Å². The van der Waals surface area contributed by atoms with Crippen molar-refractivity contribution in [3.8, 4) is 73.9 Å². The van der Waals surface area contributed by atoms with E-state index in [2.05, 4.69) is 197 Å². The molecule has 0 bridgehead atoms. The topological polar surface area (TPSA) is 72.3 Å². The molecule has 0 atom stereocenters. The lowest BCUT2D eigenvalue weighted by atomic mass is 9.99. The molecule has 13 rings (SSSR count). The minimum atomic E-state index is 0.461. The number of nitriles is 1. The van der Waals surface area contributed by atoms with Gasteiger partial charge in [-0.1, -0.05) is 188 Å². The summed E-state index contributed by atoms with van der Waals surface area (Å²) in [4.78, 5) is 16.0. The highest BCUT2D eigenvalue weighted by Crippen LogP contribution is 2.44. The summed E-state index contributed by atoms with van der Waals surface area (Å²) in [5, 5.41) is 17.4. The van der Waals surface area contributed by atoms with Crippen LogP contribution in [0.25, 0.3) is 122 Å². The number of nitrogens with zero attached hydrogens (tertiary/aromatic N) is 6. The normalized spacial score (nSPS) is 11.5. The minimum absolute atomic E-state index is 0.461. The van der Waals surface area contributed by atoms with Crippen molar-refractivity contribution in [1.82, 2.24) is 24.1 Å². The van der Waals surface area contributed by atoms with Gasteiger partial charge in [0.1, 0.15) is 0 Å². The Balaban J connectivity index is 1.11. The second kappa shape index (κ2) is 15.9. The third kappa shape index (κ3) is 6.29. The second-order valence-electron chi connectivity index (χ2n) is 17.1. The first-order valence-corrected chi connectivity index (χ1v) is 22.8. The van der Waals surface area contributed by atoms with E-state index in [0.29, 0.717) is 28.6 Å². The van der Waals surface area contributed by atoms with Gasteiger partial charge in [-0.05, 0) is 70.1 Å². The molecule has 0 saturated carbocycles. The summed E-state index contributed by atoms with van der Waals surface area (Å²) in [7, 11) is 0. The van der Waals surface area contributed by atoms with Crippen molar-refractivity contribution in [2.75, 3.05) is 0 Å². The SMILES string of the molecule is N#Cc1ccc(-n2c3ccccc3c3ccc4c(c5ccccc5n4-c4cccc5ccccc45)c32)c(-c2nc(-c3ccc(-c4ccccc4)cc3)nc(-c3ccccc3-c3ccccc3)n2)c1. The van der Waals surface area contributed by atoms with Gasteiger partial charge in [-0.25, -0.2) is 15.0 Å². The Morgan fingerprint density at radius 1 is 0.338 bits per heavy atom. The van der Waals surface area contributed by atoms with Crippen molar-refractivity contribution in [3.63, 3.8) is 0 Å². The highest BCUT2D eigenvalue weighted by atomic mass is 15.1. The Bertz CT molecular complexity index is 4140. The van der Waals surface area contributed by atoms with Gasteiger partial charge in [0, 0.05) is 43.6 Å². The van der Waals surface area contributed by atoms with Gasteiger partial charge in [-0.15, -0.1) is 0 Å². The zero-order valence-electron chi connectivity index (χ0n) is 36.6. The number of aromatic nitrogens is 5. The molecule has 0 amide bonds. The van der Waals surface area contributed by atoms with Crippen LogP contribution >= 0.6 is 0 Å². The Morgan fingerprint density at radius 3 is 1.68 bits per heavy atom. The Morgan fingerprint density at radius 2 is 0.912 bits per heavy atom. The summed E-state index contributed by atoms with van der Waals surface area (Å²) in [6.07, 6.45) is 0. The maximum absolute atomic E-state index is 10.6. The average Bonchev–Trinajstić information content (AvgIpc) is 3.94. The van der Waals surface area contributed by atoms with Crippen molar-refractivity contribution in [2.24, 2.45) is 0 Å². The predicted octanol–water partition coefficient (Wildman–Crippen LogP) is 15.4. The maximum Gasteiger partial charge on any atom is 0.166 e. The molecule has 0 saturated heterocycles. The molecule has 10 aromatic carbocycles. The highest BCUT2D eigenvalue weighted by Gasteiger charge is 2.25. The maximum atomic E-state index is 10.6. The molecule has 0 N–H and O–H groups in total. The number of fused-ring (bicyclic) bond motifs is 8. The van der Waals surface area contributed by atoms with Gasteiger partial charge in [-0.2, -0.15) is 5.26 Å². The summed E-state index contributed by atoms with van der Waals surface area (Å²) in [5.74, 6) is 1.53. The number of hydrogen-bond donors (Lipinski definition) is 0. The molecule has 0 unspecified atom stereocenters. The minimum Gasteiger partial charge on any atom is -0.309 e. The number of hydrogen-bond acceptors (Lipinski definition) is 4. The Kier molecular flexibility index (Phi) is 9.12. The van der Waals surface area contributed by atoms with Crippen LogP contribution in [0.2, 0.25) is 0 Å². The first-order chi connectivity index (χ1) is 33.7. The highest BCUT2D eigenvalue weighted by molar-refractivity contribution is 6.26. The van der Waals surface area contributed by atoms with E-state index in [-0.39, 0.29) is 0 Å². The van der Waals surface area contributed by atoms with Crippen LogP contribution in [-0.4, -0.2) is 24.1 Å². The molecule has 0 aliphatic carbocycles. The smallest absolute Gasteiger partial charge is 0.166 e. The fourth-order valence-electron chi connectivity index (χ4n) is 10.1. The molecule has 68 heavy (non-hydrogen) atoms. The van der Waals surface area contributed by atoms with Gasteiger partial charge < -0.3 is 9.13 Å². The molecule has 6 heteroatoms. The first-order valence-electron chi connectivity index (χ1n) is 22.8. The lowest BCUT2D eigenvalue weighted by Gasteiger charge is -2.16. The lowest BCUT2D eigenvalue weighted by molar-refractivity contribution is 1.06. The monoisotopic (exact) mass is 866 g/mol. The molecule has 6 nitrogen and oxygen atoms in total. The van der Waals surface area contributed by atoms with Crippen LogP contribution in [0.4, 0.5) is 0 Å². The number of rotatable bonds is 7. The Hall–Kier alpha value is -9.44. The summed E-state index contributed by atoms with van der Waals surface area (Å²) < 4.78 is 4.77. The van der Waals surface area contributed by atoms with Crippen LogP contribution in [0.15, 0.2) is 231 Å². The molecule has 0 radical (unpaired) electrons. The van der Waals surface area contributed by atoms with Crippen molar-refractivity contribution in [2.45, 2.75) is 0 Å². The van der Waals surface area contributed by atoms with E-state index in [1.54, 1.807) is 0 Å². The largest absolute Gasteiger partial charge is 0.309 e. The molecular formula is C62H38N6. The predicted molar refractivity (Wildman–Crippen MR) is 278 cm³/mol. The lowest BCUT2D eigenvalue weighted by Crippen LogP contribution is -2.04. The van der Waals surface area contributed by atoms with Crippen LogP contribution in [0.3, 0.4) is 0 Å². The van der Waals surface area contributed by atoms with E-state index in [4.69, 9.17) is 15.0 Å². The summed E-state index contributed by atoms with van der Waals surface area (Å²) >= 11 is 0. The van der Waals surface area contributed by atoms with Crippen molar-refractivity contribution < 1.29 is 0 Å². The van der Waals surface area contributed by atoms with E-state index in [9.17, 15) is 5.26 Å². The fraction of sp³-hybridized carbons (Fsp3) is 0. The van der Waals surface area contributed by atoms with E-state index >= 15 is 0 Å². The molecule has 316 valence electrons. The van der Waals surface area contributed by atoms with Crippen LogP contribution in [0.5, 0.6) is 0 Å². The fourth-order valence-corrected chi connectivity index (χ4v) is 10.1. The molecule has 0 fully saturated rings. The molecule has 3 heterocycles. The second-order valence-corrected chi connectivity index (χ2v) is 17.1. The van der Waals surface area contributed by atoms with Crippen LogP contribution in [-0.2, 0) is 0 Å². The van der Waals surface area contributed by atoms with Gasteiger partial charge >= 0.3 is 0 Å². The summed E-state index contributed by atoms with van der Waals surface area (Å²) in [6.45, 7) is 0. The average molecular weight is 867 g/mol. The standard InChI is InChI=1S/C62H38N6/c63-39-40-30-36-56(68-54-27-13-11-24-48(54)49-35-37-57-58(59(49)68)51-26-12-14-28-55(51)67(57)53-29-15-21-44-20-7-8-23-47(44)53)52(38-40)62-65-60(45-33-31-42(32-34-45)41-16-3-1-4-17-41)64-61(66-62)50-25-10-9-22-46(50)43-18-5-2-6-19-43/h1-38H. The van der Waals surface area contributed by atoms with Crippen molar-refractivity contribution >= 4 is 54.4 Å². The van der Waals surface area contributed by atoms with Gasteiger partial charge in [-0.3, -0.25) is 0 Å². The quantitative estimate of drug-likeness (QED) is 0.160. The third-order valence-electron chi connectivity index (χ3n) is 13.2. The van der Waals surface area contributed by atoms with Gasteiger partial charge in [0.15, 0.2) is 17.5 Å². The van der Waals surface area contributed by atoms with Crippen molar-refractivity contribution in [1.29, 1.82) is 5.26 Å². The number of para-hydroxylation sites is 2. The summed E-state index contributed by atoms with van der Waals surface area (Å²) in [6, 6.07) is 82.6. The van der Waals surface area contributed by atoms with E-state index < -0.39 is 0 Å². The van der Waals surface area contributed by atoms with Gasteiger partial charge in [0.05, 0.1) is 45.1 Å². The van der Waals surface area contributed by atoms with Gasteiger partial charge in [0.2, 0.25) is 0 Å². The van der Waals surface area contributed by atoms with Crippen molar-refractivity contribution in [3.05, 3.63) is 236 Å². The molecule has 13 aromatic rings. The Labute approximate surface area is 391 Å². The molecule has 3 aromatic heterocycles.